The van der Waals surface area contributed by atoms with Gasteiger partial charge < -0.3 is 9.47 Å². The van der Waals surface area contributed by atoms with E-state index in [4.69, 9.17) is 9.47 Å². The van der Waals surface area contributed by atoms with Gasteiger partial charge in [0.2, 0.25) is 0 Å². The first-order valence-electron chi connectivity index (χ1n) is 16.5. The van der Waals surface area contributed by atoms with Crippen molar-refractivity contribution >= 4 is 11.8 Å². The lowest BCUT2D eigenvalue weighted by atomic mass is 9.80. The van der Waals surface area contributed by atoms with Crippen LogP contribution in [0.4, 0.5) is 0 Å². The number of unbranched alkanes of at least 4 members (excludes halogenated alkanes) is 8. The Labute approximate surface area is 268 Å². The van der Waals surface area contributed by atoms with Crippen LogP contribution in [-0.2, 0) is 15.1 Å². The Bertz CT molecular complexity index is 1360. The third-order valence-corrected chi connectivity index (χ3v) is 8.84. The molecular weight excluding hydrogens is 558 g/mol. The number of nitrogens with zero attached hydrogens (tertiary/aromatic N) is 1. The van der Waals surface area contributed by atoms with Gasteiger partial charge in [0.1, 0.15) is 11.8 Å². The molecule has 1 unspecified atom stereocenters. The van der Waals surface area contributed by atoms with Crippen LogP contribution in [0.15, 0.2) is 115 Å². The molecule has 0 saturated heterocycles. The minimum absolute atomic E-state index is 0.251. The summed E-state index contributed by atoms with van der Waals surface area (Å²) in [7, 11) is 1.57. The fourth-order valence-corrected chi connectivity index (χ4v) is 6.47. The van der Waals surface area contributed by atoms with Gasteiger partial charge in [-0.2, -0.15) is 0 Å². The quantitative estimate of drug-likeness (QED) is 0.0646. The number of amides is 2. The molecular formula is C40H45NO4. The monoisotopic (exact) mass is 603 g/mol. The van der Waals surface area contributed by atoms with Crippen molar-refractivity contribution < 1.29 is 19.1 Å². The minimum atomic E-state index is -0.648. The predicted molar refractivity (Wildman–Crippen MR) is 179 cm³/mol. The molecule has 1 heterocycles. The van der Waals surface area contributed by atoms with Gasteiger partial charge in [-0.1, -0.05) is 148 Å². The Morgan fingerprint density at radius 1 is 0.533 bits per heavy atom. The highest BCUT2D eigenvalue weighted by Crippen LogP contribution is 2.40. The van der Waals surface area contributed by atoms with Gasteiger partial charge in [0.25, 0.3) is 11.8 Å². The van der Waals surface area contributed by atoms with Crippen molar-refractivity contribution in [1.82, 2.24) is 4.90 Å². The molecule has 234 valence electrons. The number of imide groups is 1. The fraction of sp³-hybridized carbons (Fsp3) is 0.350. The maximum atomic E-state index is 12.8. The second-order valence-electron chi connectivity index (χ2n) is 11.8. The van der Waals surface area contributed by atoms with Gasteiger partial charge in [-0.25, -0.2) is 4.90 Å². The van der Waals surface area contributed by atoms with E-state index in [2.05, 4.69) is 91.0 Å². The molecule has 0 bridgehead atoms. The van der Waals surface area contributed by atoms with Crippen molar-refractivity contribution in [2.45, 2.75) is 76.0 Å². The van der Waals surface area contributed by atoms with E-state index in [0.29, 0.717) is 24.2 Å². The van der Waals surface area contributed by atoms with Crippen LogP contribution in [0, 0.1) is 0 Å². The zero-order valence-electron chi connectivity index (χ0n) is 26.4. The van der Waals surface area contributed by atoms with E-state index >= 15 is 0 Å². The summed E-state index contributed by atoms with van der Waals surface area (Å²) in [5.41, 5.74) is 3.72. The standard InChI is InChI=1S/C40H45NO4/c1-44-37(41-38(42)35-28-19-20-29-36(35)39(41)43)30-18-7-5-3-2-4-6-8-21-31-45-40(32-22-12-9-13-23-32,33-24-14-10-15-25-33)34-26-16-11-17-27-34/h9-17,19-20,22-29,37H,2-8,18,21,30-31H2,1H3. The van der Waals surface area contributed by atoms with Crippen LogP contribution in [0.25, 0.3) is 0 Å². The molecule has 0 aliphatic carbocycles. The van der Waals surface area contributed by atoms with E-state index in [1.54, 1.807) is 31.4 Å². The van der Waals surface area contributed by atoms with Crippen LogP contribution in [0.2, 0.25) is 0 Å². The largest absolute Gasteiger partial charge is 0.361 e. The zero-order chi connectivity index (χ0) is 31.3. The molecule has 5 heteroatoms. The molecule has 4 aromatic carbocycles. The Balaban J connectivity index is 1.02. The molecule has 2 amide bonds. The van der Waals surface area contributed by atoms with Crippen molar-refractivity contribution in [3.05, 3.63) is 143 Å². The summed E-state index contributed by atoms with van der Waals surface area (Å²) in [6.45, 7) is 0.687. The normalized spacial score (nSPS) is 13.7. The Morgan fingerprint density at radius 2 is 0.911 bits per heavy atom. The summed E-state index contributed by atoms with van der Waals surface area (Å²) in [4.78, 5) is 26.8. The lowest BCUT2D eigenvalue weighted by molar-refractivity contribution is -0.0147. The molecule has 0 saturated carbocycles. The van der Waals surface area contributed by atoms with Gasteiger partial charge in [0, 0.05) is 13.7 Å². The average Bonchev–Trinajstić information content (AvgIpc) is 3.35. The molecule has 0 aromatic heterocycles. The lowest BCUT2D eigenvalue weighted by Gasteiger charge is -2.36. The van der Waals surface area contributed by atoms with Gasteiger partial charge in [-0.15, -0.1) is 0 Å². The van der Waals surface area contributed by atoms with Gasteiger partial charge >= 0.3 is 0 Å². The Hall–Kier alpha value is -4.06. The first kappa shape index (κ1) is 32.3. The molecule has 45 heavy (non-hydrogen) atoms. The predicted octanol–water partition coefficient (Wildman–Crippen LogP) is 9.16. The summed E-state index contributed by atoms with van der Waals surface area (Å²) in [5, 5.41) is 0. The van der Waals surface area contributed by atoms with Crippen molar-refractivity contribution in [2.24, 2.45) is 0 Å². The van der Waals surface area contributed by atoms with Gasteiger partial charge in [0.05, 0.1) is 11.1 Å². The number of methoxy groups -OCH3 is 1. The van der Waals surface area contributed by atoms with Crippen molar-refractivity contribution in [3.63, 3.8) is 0 Å². The van der Waals surface area contributed by atoms with Crippen molar-refractivity contribution in [2.75, 3.05) is 13.7 Å². The summed E-state index contributed by atoms with van der Waals surface area (Å²) >= 11 is 0. The van der Waals surface area contributed by atoms with Crippen LogP contribution in [0.1, 0.15) is 102 Å². The summed E-state index contributed by atoms with van der Waals surface area (Å²) in [5.74, 6) is -0.502. The van der Waals surface area contributed by atoms with E-state index in [-0.39, 0.29) is 11.8 Å². The number of ether oxygens (including phenoxy) is 2. The Kier molecular flexibility index (Phi) is 11.7. The van der Waals surface area contributed by atoms with Crippen LogP contribution in [-0.4, -0.2) is 36.7 Å². The van der Waals surface area contributed by atoms with Gasteiger partial charge in [0.15, 0.2) is 0 Å². The van der Waals surface area contributed by atoms with E-state index in [1.165, 1.54) is 30.6 Å². The minimum Gasteiger partial charge on any atom is -0.361 e. The number of hydrogen-bond donors (Lipinski definition) is 0. The fourth-order valence-electron chi connectivity index (χ4n) is 6.47. The van der Waals surface area contributed by atoms with Gasteiger partial charge in [-0.3, -0.25) is 9.59 Å². The average molecular weight is 604 g/mol. The highest BCUT2D eigenvalue weighted by molar-refractivity contribution is 6.21. The molecule has 0 radical (unpaired) electrons. The maximum absolute atomic E-state index is 12.8. The zero-order valence-corrected chi connectivity index (χ0v) is 26.4. The lowest BCUT2D eigenvalue weighted by Crippen LogP contribution is -2.41. The number of rotatable bonds is 18. The highest BCUT2D eigenvalue weighted by atomic mass is 16.5. The third-order valence-electron chi connectivity index (χ3n) is 8.84. The smallest absolute Gasteiger partial charge is 0.263 e. The molecule has 4 aromatic rings. The van der Waals surface area contributed by atoms with Crippen LogP contribution in [0.3, 0.4) is 0 Å². The number of carbonyl (C=O) groups excluding carboxylic acids is 2. The molecule has 1 atom stereocenters. The maximum Gasteiger partial charge on any atom is 0.263 e. The molecule has 0 fully saturated rings. The van der Waals surface area contributed by atoms with Crippen molar-refractivity contribution in [1.29, 1.82) is 0 Å². The molecule has 1 aliphatic heterocycles. The molecule has 5 nitrogen and oxygen atoms in total. The topological polar surface area (TPSA) is 55.8 Å². The van der Waals surface area contributed by atoms with Gasteiger partial charge in [-0.05, 0) is 48.1 Å². The van der Waals surface area contributed by atoms with Crippen LogP contribution in [0.5, 0.6) is 0 Å². The van der Waals surface area contributed by atoms with Crippen molar-refractivity contribution in [3.8, 4) is 0 Å². The van der Waals surface area contributed by atoms with Crippen LogP contribution < -0.4 is 0 Å². The summed E-state index contributed by atoms with van der Waals surface area (Å²) < 4.78 is 12.5. The number of benzene rings is 4. The number of hydrogen-bond acceptors (Lipinski definition) is 4. The summed E-state index contributed by atoms with van der Waals surface area (Å²) in [6.07, 6.45) is 10.3. The first-order chi connectivity index (χ1) is 22.2. The third kappa shape index (κ3) is 7.61. The second kappa shape index (κ2) is 16.3. The van der Waals surface area contributed by atoms with E-state index in [1.807, 2.05) is 0 Å². The number of carbonyl (C=O) groups is 2. The molecule has 0 N–H and O–H groups in total. The highest BCUT2D eigenvalue weighted by Gasteiger charge is 2.40. The van der Waals surface area contributed by atoms with E-state index < -0.39 is 11.8 Å². The second-order valence-corrected chi connectivity index (χ2v) is 11.8. The Morgan fingerprint density at radius 3 is 1.33 bits per heavy atom. The van der Waals surface area contributed by atoms with E-state index in [9.17, 15) is 9.59 Å². The first-order valence-corrected chi connectivity index (χ1v) is 16.5. The molecule has 5 rings (SSSR count). The summed E-state index contributed by atoms with van der Waals surface area (Å²) in [6, 6.07) is 38.7. The molecule has 1 aliphatic rings. The number of fused-ring (bicyclic) bond motifs is 1. The van der Waals surface area contributed by atoms with E-state index in [0.717, 1.165) is 48.8 Å². The SMILES string of the molecule is COC(CCCCCCCCCCCOC(c1ccccc1)(c1ccccc1)c1ccccc1)N1C(=O)c2ccccc2C1=O. The van der Waals surface area contributed by atoms with Crippen LogP contribution >= 0.6 is 0 Å². The molecule has 0 spiro atoms.